The Morgan fingerprint density at radius 1 is 1.32 bits per heavy atom. The molecule has 0 aromatic carbocycles. The highest BCUT2D eigenvalue weighted by molar-refractivity contribution is 5.78. The summed E-state index contributed by atoms with van der Waals surface area (Å²) in [5.74, 6) is 0.191. The van der Waals surface area contributed by atoms with E-state index in [1.54, 1.807) is 0 Å². The highest BCUT2D eigenvalue weighted by atomic mass is 16.2. The highest BCUT2D eigenvalue weighted by Crippen LogP contribution is 2.23. The van der Waals surface area contributed by atoms with Crippen LogP contribution in [0, 0.1) is 0 Å². The van der Waals surface area contributed by atoms with E-state index in [4.69, 9.17) is 0 Å². The van der Waals surface area contributed by atoms with Crippen molar-refractivity contribution in [1.82, 2.24) is 25.3 Å². The SMILES string of the molecule is CCN1CCN(C(=O)CNCc2cn[nH]c2C(C)(C)C)CC1. The van der Waals surface area contributed by atoms with Crippen LogP contribution in [-0.4, -0.2) is 65.2 Å². The molecule has 1 aliphatic rings. The molecular weight excluding hydrogens is 278 g/mol. The number of carbonyl (C=O) groups excluding carboxylic acids is 1. The van der Waals surface area contributed by atoms with Gasteiger partial charge in [0.25, 0.3) is 0 Å². The summed E-state index contributed by atoms with van der Waals surface area (Å²) in [5.41, 5.74) is 2.30. The van der Waals surface area contributed by atoms with Gasteiger partial charge in [0.2, 0.25) is 5.91 Å². The molecule has 1 aromatic rings. The monoisotopic (exact) mass is 307 g/mol. The number of nitrogens with zero attached hydrogens (tertiary/aromatic N) is 3. The van der Waals surface area contributed by atoms with Crippen LogP contribution in [0.15, 0.2) is 6.20 Å². The van der Waals surface area contributed by atoms with Crippen molar-refractivity contribution in [3.05, 3.63) is 17.5 Å². The predicted octanol–water partition coefficient (Wildman–Crippen LogP) is 0.961. The molecule has 6 nitrogen and oxygen atoms in total. The van der Waals surface area contributed by atoms with Crippen LogP contribution < -0.4 is 5.32 Å². The van der Waals surface area contributed by atoms with Gasteiger partial charge in [0.1, 0.15) is 0 Å². The molecule has 22 heavy (non-hydrogen) atoms. The van der Waals surface area contributed by atoms with Gasteiger partial charge >= 0.3 is 0 Å². The molecule has 0 spiro atoms. The fourth-order valence-corrected chi connectivity index (χ4v) is 2.82. The molecule has 0 radical (unpaired) electrons. The van der Waals surface area contributed by atoms with Gasteiger partial charge in [0, 0.05) is 49.4 Å². The number of rotatable bonds is 5. The summed E-state index contributed by atoms with van der Waals surface area (Å²) in [6.45, 7) is 14.4. The third-order valence-electron chi connectivity index (χ3n) is 4.23. The van der Waals surface area contributed by atoms with E-state index in [1.165, 1.54) is 0 Å². The first kappa shape index (κ1) is 17.0. The van der Waals surface area contributed by atoms with E-state index >= 15 is 0 Å². The van der Waals surface area contributed by atoms with Crippen LogP contribution in [0.1, 0.15) is 39.0 Å². The van der Waals surface area contributed by atoms with E-state index in [-0.39, 0.29) is 11.3 Å². The Morgan fingerprint density at radius 2 is 2.00 bits per heavy atom. The second kappa shape index (κ2) is 7.24. The van der Waals surface area contributed by atoms with Gasteiger partial charge in [-0.05, 0) is 6.54 Å². The molecule has 1 saturated heterocycles. The summed E-state index contributed by atoms with van der Waals surface area (Å²) in [4.78, 5) is 16.6. The molecule has 2 heterocycles. The van der Waals surface area contributed by atoms with E-state index in [1.807, 2.05) is 11.1 Å². The molecule has 124 valence electrons. The van der Waals surface area contributed by atoms with Gasteiger partial charge in [-0.1, -0.05) is 27.7 Å². The molecule has 1 aromatic heterocycles. The Bertz CT molecular complexity index is 483. The third kappa shape index (κ3) is 4.30. The number of nitrogens with one attached hydrogen (secondary N) is 2. The lowest BCUT2D eigenvalue weighted by Gasteiger charge is -2.34. The summed E-state index contributed by atoms with van der Waals surface area (Å²) in [6.07, 6.45) is 1.85. The van der Waals surface area contributed by atoms with E-state index in [0.29, 0.717) is 13.1 Å². The fraction of sp³-hybridized carbons (Fsp3) is 0.750. The number of likely N-dealkylation sites (N-methyl/N-ethyl adjacent to an activating group) is 1. The number of aromatic nitrogens is 2. The maximum absolute atomic E-state index is 12.2. The van der Waals surface area contributed by atoms with E-state index in [2.05, 4.69) is 48.1 Å². The van der Waals surface area contributed by atoms with Gasteiger partial charge in [-0.15, -0.1) is 0 Å². The van der Waals surface area contributed by atoms with Crippen LogP contribution >= 0.6 is 0 Å². The summed E-state index contributed by atoms with van der Waals surface area (Å²) >= 11 is 0. The van der Waals surface area contributed by atoms with Crippen molar-refractivity contribution in [2.45, 2.75) is 39.7 Å². The molecule has 0 saturated carbocycles. The summed E-state index contributed by atoms with van der Waals surface area (Å²) in [5, 5.41) is 10.5. The maximum Gasteiger partial charge on any atom is 0.236 e. The Morgan fingerprint density at radius 3 is 2.59 bits per heavy atom. The maximum atomic E-state index is 12.2. The minimum atomic E-state index is 0.0357. The minimum absolute atomic E-state index is 0.0357. The Hall–Kier alpha value is -1.40. The minimum Gasteiger partial charge on any atom is -0.339 e. The van der Waals surface area contributed by atoms with Crippen molar-refractivity contribution in [2.24, 2.45) is 0 Å². The number of aromatic amines is 1. The van der Waals surface area contributed by atoms with Crippen LogP contribution in [0.3, 0.4) is 0 Å². The quantitative estimate of drug-likeness (QED) is 0.850. The van der Waals surface area contributed by atoms with Crippen molar-refractivity contribution in [3.63, 3.8) is 0 Å². The van der Waals surface area contributed by atoms with Gasteiger partial charge in [-0.25, -0.2) is 0 Å². The molecule has 1 amide bonds. The second-order valence-electron chi connectivity index (χ2n) is 6.94. The second-order valence-corrected chi connectivity index (χ2v) is 6.94. The third-order valence-corrected chi connectivity index (χ3v) is 4.23. The molecule has 0 bridgehead atoms. The highest BCUT2D eigenvalue weighted by Gasteiger charge is 2.21. The molecule has 6 heteroatoms. The number of piperazine rings is 1. The van der Waals surface area contributed by atoms with Gasteiger partial charge in [-0.2, -0.15) is 5.10 Å². The fourth-order valence-electron chi connectivity index (χ4n) is 2.82. The first-order chi connectivity index (χ1) is 10.4. The van der Waals surface area contributed by atoms with Crippen molar-refractivity contribution >= 4 is 5.91 Å². The number of hydrogen-bond donors (Lipinski definition) is 2. The predicted molar refractivity (Wildman–Crippen MR) is 87.7 cm³/mol. The van der Waals surface area contributed by atoms with Crippen LogP contribution in [-0.2, 0) is 16.8 Å². The lowest BCUT2D eigenvalue weighted by molar-refractivity contribution is -0.131. The first-order valence-corrected chi connectivity index (χ1v) is 8.15. The molecule has 1 aliphatic heterocycles. The molecule has 0 unspecified atom stereocenters. The standard InChI is InChI=1S/C16H29N5O/c1-5-20-6-8-21(9-7-20)14(22)12-17-10-13-11-18-19-15(13)16(2,3)4/h11,17H,5-10,12H2,1-4H3,(H,18,19). The number of amides is 1. The topological polar surface area (TPSA) is 64.3 Å². The van der Waals surface area contributed by atoms with Gasteiger partial charge in [0.15, 0.2) is 0 Å². The lowest BCUT2D eigenvalue weighted by Crippen LogP contribution is -2.50. The van der Waals surface area contributed by atoms with Gasteiger partial charge < -0.3 is 15.1 Å². The average Bonchev–Trinajstić information content (AvgIpc) is 2.96. The Kier molecular flexibility index (Phi) is 5.58. The average molecular weight is 307 g/mol. The zero-order valence-electron chi connectivity index (χ0n) is 14.3. The molecule has 1 fully saturated rings. The van der Waals surface area contributed by atoms with Crippen molar-refractivity contribution in [1.29, 1.82) is 0 Å². The number of hydrogen-bond acceptors (Lipinski definition) is 4. The zero-order valence-corrected chi connectivity index (χ0v) is 14.3. The van der Waals surface area contributed by atoms with E-state index in [0.717, 1.165) is 44.0 Å². The largest absolute Gasteiger partial charge is 0.339 e. The van der Waals surface area contributed by atoms with E-state index < -0.39 is 0 Å². The molecule has 2 rings (SSSR count). The first-order valence-electron chi connectivity index (χ1n) is 8.15. The van der Waals surface area contributed by atoms with Crippen molar-refractivity contribution in [2.75, 3.05) is 39.3 Å². The Labute approximate surface area is 133 Å². The molecule has 0 atom stereocenters. The van der Waals surface area contributed by atoms with E-state index in [9.17, 15) is 4.79 Å². The zero-order chi connectivity index (χ0) is 16.2. The lowest BCUT2D eigenvalue weighted by atomic mass is 9.89. The van der Waals surface area contributed by atoms with Gasteiger partial charge in [0.05, 0.1) is 12.7 Å². The van der Waals surface area contributed by atoms with Crippen LogP contribution in [0.5, 0.6) is 0 Å². The Balaban J connectivity index is 1.77. The summed E-state index contributed by atoms with van der Waals surface area (Å²) in [6, 6.07) is 0. The van der Waals surface area contributed by atoms with Crippen LogP contribution in [0.4, 0.5) is 0 Å². The van der Waals surface area contributed by atoms with Crippen molar-refractivity contribution < 1.29 is 4.79 Å². The van der Waals surface area contributed by atoms with Crippen LogP contribution in [0.25, 0.3) is 0 Å². The van der Waals surface area contributed by atoms with Crippen LogP contribution in [0.2, 0.25) is 0 Å². The van der Waals surface area contributed by atoms with Gasteiger partial charge in [-0.3, -0.25) is 9.89 Å². The van der Waals surface area contributed by atoms with Crippen molar-refractivity contribution in [3.8, 4) is 0 Å². The molecule has 0 aliphatic carbocycles. The summed E-state index contributed by atoms with van der Waals surface area (Å²) < 4.78 is 0. The molecule has 2 N–H and O–H groups in total. The number of H-pyrrole nitrogens is 1. The molecular formula is C16H29N5O. The number of carbonyl (C=O) groups is 1. The summed E-state index contributed by atoms with van der Waals surface area (Å²) in [7, 11) is 0. The normalized spacial score (nSPS) is 17.0. The smallest absolute Gasteiger partial charge is 0.236 e.